The normalized spacial score (nSPS) is 18.2. The van der Waals surface area contributed by atoms with Gasteiger partial charge in [-0.25, -0.2) is 0 Å². The molecule has 1 atom stereocenters. The zero-order chi connectivity index (χ0) is 23.8. The molecule has 4 nitrogen and oxygen atoms in total. The summed E-state index contributed by atoms with van der Waals surface area (Å²) < 4.78 is 5.77. The fourth-order valence-electron chi connectivity index (χ4n) is 5.76. The average Bonchev–Trinajstić information content (AvgIpc) is 3.45. The van der Waals surface area contributed by atoms with E-state index in [1.54, 1.807) is 0 Å². The van der Waals surface area contributed by atoms with Crippen LogP contribution in [0.1, 0.15) is 28.7 Å². The van der Waals surface area contributed by atoms with Gasteiger partial charge in [0.2, 0.25) is 0 Å². The van der Waals surface area contributed by atoms with Gasteiger partial charge < -0.3 is 4.74 Å². The van der Waals surface area contributed by atoms with Crippen LogP contribution in [0.15, 0.2) is 109 Å². The summed E-state index contributed by atoms with van der Waals surface area (Å²) in [5.41, 5.74) is 5.62. The second-order valence-electron chi connectivity index (χ2n) is 9.15. The number of ether oxygens (including phenoxy) is 1. The molecule has 0 bridgehead atoms. The van der Waals surface area contributed by atoms with Gasteiger partial charge in [-0.3, -0.25) is 14.5 Å². The molecule has 0 amide bonds. The minimum absolute atomic E-state index is 0.0452. The number of hydrogen-bond acceptors (Lipinski definition) is 4. The zero-order valence-corrected chi connectivity index (χ0v) is 19.3. The molecule has 4 aromatic rings. The van der Waals surface area contributed by atoms with E-state index in [1.165, 1.54) is 0 Å². The van der Waals surface area contributed by atoms with Gasteiger partial charge in [-0.15, -0.1) is 0 Å². The van der Waals surface area contributed by atoms with Gasteiger partial charge in [0, 0.05) is 6.42 Å². The van der Waals surface area contributed by atoms with Crippen molar-refractivity contribution in [1.82, 2.24) is 4.90 Å². The summed E-state index contributed by atoms with van der Waals surface area (Å²) >= 11 is 0. The molecule has 6 rings (SSSR count). The molecule has 0 saturated carbocycles. The van der Waals surface area contributed by atoms with Crippen molar-refractivity contribution < 1.29 is 14.3 Å². The largest absolute Gasteiger partial charge is 0.460 e. The van der Waals surface area contributed by atoms with Gasteiger partial charge in [-0.05, 0) is 33.4 Å². The summed E-state index contributed by atoms with van der Waals surface area (Å²) in [7, 11) is 0. The Morgan fingerprint density at radius 2 is 1.31 bits per heavy atom. The molecule has 1 heterocycles. The maximum Gasteiger partial charge on any atom is 0.324 e. The Hall–Kier alpha value is -4.02. The number of nitrogens with zero attached hydrogens (tertiary/aromatic N) is 1. The Kier molecular flexibility index (Phi) is 5.31. The Labute approximate surface area is 204 Å². The van der Waals surface area contributed by atoms with E-state index in [0.29, 0.717) is 0 Å². The first-order chi connectivity index (χ1) is 17.2. The van der Waals surface area contributed by atoms with Crippen molar-refractivity contribution >= 4 is 11.8 Å². The number of rotatable bonds is 5. The smallest absolute Gasteiger partial charge is 0.324 e. The molecule has 0 radical (unpaired) electrons. The monoisotopic (exact) mass is 459 g/mol. The van der Waals surface area contributed by atoms with Crippen LogP contribution in [0.3, 0.4) is 0 Å². The van der Waals surface area contributed by atoms with Crippen molar-refractivity contribution in [3.8, 4) is 11.1 Å². The number of ketones is 1. The first kappa shape index (κ1) is 21.5. The van der Waals surface area contributed by atoms with Gasteiger partial charge in [-0.2, -0.15) is 0 Å². The minimum Gasteiger partial charge on any atom is -0.460 e. The summed E-state index contributed by atoms with van der Waals surface area (Å²) in [6.07, 6.45) is 0.145. The van der Waals surface area contributed by atoms with Gasteiger partial charge in [0.15, 0.2) is 0 Å². The summed E-state index contributed by atoms with van der Waals surface area (Å²) in [6, 6.07) is 35.8. The molecule has 35 heavy (non-hydrogen) atoms. The lowest BCUT2D eigenvalue weighted by molar-refractivity contribution is -0.151. The van der Waals surface area contributed by atoms with Crippen molar-refractivity contribution in [2.45, 2.75) is 24.6 Å². The molecule has 0 aromatic heterocycles. The number of esters is 1. The van der Waals surface area contributed by atoms with Gasteiger partial charge in [0.05, 0.1) is 12.1 Å². The lowest BCUT2D eigenvalue weighted by Gasteiger charge is -2.43. The SMILES string of the molecule is O=C1C[C@@H](C(=O)OCc2ccccc2)N(C2(c3ccccc3)c3ccccc3-c3ccccc32)C1. The quantitative estimate of drug-likeness (QED) is 0.378. The van der Waals surface area contributed by atoms with E-state index in [-0.39, 0.29) is 31.3 Å². The van der Waals surface area contributed by atoms with Crippen LogP contribution < -0.4 is 0 Å². The predicted octanol–water partition coefficient (Wildman–Crippen LogP) is 5.35. The lowest BCUT2D eigenvalue weighted by Crippen LogP contribution is -2.52. The number of hydrogen-bond donors (Lipinski definition) is 0. The molecule has 0 unspecified atom stereocenters. The number of benzene rings is 4. The van der Waals surface area contributed by atoms with E-state index in [0.717, 1.165) is 33.4 Å². The lowest BCUT2D eigenvalue weighted by atomic mass is 9.78. The molecule has 1 saturated heterocycles. The molecule has 4 heteroatoms. The van der Waals surface area contributed by atoms with Crippen molar-refractivity contribution in [2.24, 2.45) is 0 Å². The van der Waals surface area contributed by atoms with Crippen molar-refractivity contribution in [2.75, 3.05) is 6.54 Å². The van der Waals surface area contributed by atoms with Gasteiger partial charge in [-0.1, -0.05) is 109 Å². The highest BCUT2D eigenvalue weighted by atomic mass is 16.5. The molecule has 172 valence electrons. The van der Waals surface area contributed by atoms with Crippen LogP contribution in [0.5, 0.6) is 0 Å². The van der Waals surface area contributed by atoms with Crippen LogP contribution in [0.4, 0.5) is 0 Å². The highest BCUT2D eigenvalue weighted by molar-refractivity contribution is 5.93. The maximum atomic E-state index is 13.5. The third kappa shape index (κ3) is 3.41. The van der Waals surface area contributed by atoms with Crippen LogP contribution >= 0.6 is 0 Å². The molecule has 1 fully saturated rings. The molecule has 4 aromatic carbocycles. The average molecular weight is 460 g/mol. The van der Waals surface area contributed by atoms with E-state index in [9.17, 15) is 9.59 Å². The standard InChI is InChI=1S/C31H25NO3/c33-24-19-29(30(34)35-21-22-11-3-1-4-12-22)32(20-24)31(23-13-5-2-6-14-23)27-17-9-7-15-25(27)26-16-8-10-18-28(26)31/h1-18,29H,19-21H2/t29-/m0/s1. The summed E-state index contributed by atoms with van der Waals surface area (Å²) in [4.78, 5) is 28.5. The molecule has 1 aliphatic carbocycles. The number of likely N-dealkylation sites (tertiary alicyclic amines) is 1. The van der Waals surface area contributed by atoms with Gasteiger partial charge in [0.1, 0.15) is 18.4 Å². The van der Waals surface area contributed by atoms with E-state index in [4.69, 9.17) is 4.74 Å². The predicted molar refractivity (Wildman–Crippen MR) is 135 cm³/mol. The van der Waals surface area contributed by atoms with E-state index in [1.807, 2.05) is 72.8 Å². The highest BCUT2D eigenvalue weighted by Gasteiger charge is 2.55. The Morgan fingerprint density at radius 1 is 0.771 bits per heavy atom. The number of carbonyl (C=O) groups is 2. The maximum absolute atomic E-state index is 13.5. The first-order valence-electron chi connectivity index (χ1n) is 11.9. The van der Waals surface area contributed by atoms with Gasteiger partial charge in [0.25, 0.3) is 0 Å². The first-order valence-corrected chi connectivity index (χ1v) is 11.9. The van der Waals surface area contributed by atoms with Crippen molar-refractivity contribution in [3.05, 3.63) is 131 Å². The van der Waals surface area contributed by atoms with Crippen LogP contribution in [-0.4, -0.2) is 29.2 Å². The molecule has 0 N–H and O–H groups in total. The van der Waals surface area contributed by atoms with Crippen LogP contribution in [0.2, 0.25) is 0 Å². The van der Waals surface area contributed by atoms with Gasteiger partial charge >= 0.3 is 5.97 Å². The minimum atomic E-state index is -0.767. The number of fused-ring (bicyclic) bond motifs is 3. The molecule has 1 aliphatic heterocycles. The molecule has 2 aliphatic rings. The van der Waals surface area contributed by atoms with E-state index < -0.39 is 11.6 Å². The number of carbonyl (C=O) groups excluding carboxylic acids is 2. The van der Waals surface area contributed by atoms with Crippen molar-refractivity contribution in [3.63, 3.8) is 0 Å². The second-order valence-corrected chi connectivity index (χ2v) is 9.15. The Balaban J connectivity index is 1.50. The third-order valence-corrected chi connectivity index (χ3v) is 7.19. The van der Waals surface area contributed by atoms with E-state index in [2.05, 4.69) is 41.3 Å². The summed E-state index contributed by atoms with van der Waals surface area (Å²) in [5.74, 6) is -0.319. The Bertz CT molecular complexity index is 1350. The summed E-state index contributed by atoms with van der Waals surface area (Å²) in [6.45, 7) is 0.367. The number of Topliss-reactive ketones (excluding diaryl/α,β-unsaturated/α-hetero) is 1. The fourth-order valence-corrected chi connectivity index (χ4v) is 5.76. The second kappa shape index (κ2) is 8.64. The Morgan fingerprint density at radius 3 is 1.94 bits per heavy atom. The molecular weight excluding hydrogens is 434 g/mol. The van der Waals surface area contributed by atoms with Crippen LogP contribution in [-0.2, 0) is 26.5 Å². The van der Waals surface area contributed by atoms with Crippen LogP contribution in [0.25, 0.3) is 11.1 Å². The fraction of sp³-hybridized carbons (Fsp3) is 0.161. The molecule has 0 spiro atoms. The van der Waals surface area contributed by atoms with Crippen LogP contribution in [0, 0.1) is 0 Å². The van der Waals surface area contributed by atoms with E-state index >= 15 is 0 Å². The topological polar surface area (TPSA) is 46.6 Å². The zero-order valence-electron chi connectivity index (χ0n) is 19.3. The van der Waals surface area contributed by atoms with Crippen molar-refractivity contribution in [1.29, 1.82) is 0 Å². The molecular formula is C31H25NO3. The highest BCUT2D eigenvalue weighted by Crippen LogP contribution is 2.55. The third-order valence-electron chi connectivity index (χ3n) is 7.19. The summed E-state index contributed by atoms with van der Waals surface area (Å²) in [5, 5.41) is 0.